The molecule has 0 unspecified atom stereocenters. The summed E-state index contributed by atoms with van der Waals surface area (Å²) in [5, 5.41) is 3.11. The van der Waals surface area contributed by atoms with Gasteiger partial charge in [-0.25, -0.2) is 19.3 Å². The van der Waals surface area contributed by atoms with E-state index in [-0.39, 0.29) is 23.1 Å². The number of nitrogens with one attached hydrogen (secondary N) is 1. The minimum absolute atomic E-state index is 0.00196. The maximum atomic E-state index is 15.1. The molecule has 1 aromatic carbocycles. The molecule has 1 aliphatic carbocycles. The van der Waals surface area contributed by atoms with Crippen molar-refractivity contribution in [3.05, 3.63) is 81.7 Å². The van der Waals surface area contributed by atoms with Crippen LogP contribution in [0.2, 0.25) is 0 Å². The van der Waals surface area contributed by atoms with Gasteiger partial charge in [0, 0.05) is 17.6 Å². The number of halogens is 1. The van der Waals surface area contributed by atoms with Crippen LogP contribution < -0.4 is 10.1 Å². The molecule has 1 fully saturated rings. The number of carbonyl (C=O) groups is 1. The van der Waals surface area contributed by atoms with Crippen LogP contribution in [0, 0.1) is 12.7 Å². The molecule has 0 saturated heterocycles. The van der Waals surface area contributed by atoms with Crippen molar-refractivity contribution in [3.8, 4) is 16.3 Å². The molecule has 206 valence electrons. The minimum Gasteiger partial charge on any atom is -0.497 e. The van der Waals surface area contributed by atoms with Crippen LogP contribution in [-0.4, -0.2) is 32.9 Å². The standard InChI is InChI=1S/C31H32FN5O2S/c1-5-20(6-2)21-9-12-24(33-15-21)35-30-34-16-23(32)26(36-30)27-18(3)25-28(40-27)31(13-14-31)37(29(25)38)17-19-7-10-22(39-4)11-8-19/h7-12,15-16,20H,5-6,13-14,17H2,1-4H3,(H,33,34,35,36). The van der Waals surface area contributed by atoms with E-state index >= 15 is 4.39 Å². The van der Waals surface area contributed by atoms with Crippen molar-refractivity contribution in [1.82, 2.24) is 19.9 Å². The first-order chi connectivity index (χ1) is 19.4. The van der Waals surface area contributed by atoms with Gasteiger partial charge in [-0.05, 0) is 73.4 Å². The van der Waals surface area contributed by atoms with Gasteiger partial charge in [-0.3, -0.25) is 4.79 Å². The quantitative estimate of drug-likeness (QED) is 0.232. The number of hydrogen-bond donors (Lipinski definition) is 1. The Balaban J connectivity index is 1.27. The molecule has 4 aromatic rings. The fourth-order valence-electron chi connectivity index (χ4n) is 5.71. The molecule has 9 heteroatoms. The van der Waals surface area contributed by atoms with Gasteiger partial charge in [0.25, 0.3) is 5.91 Å². The van der Waals surface area contributed by atoms with E-state index in [2.05, 4.69) is 40.2 Å². The van der Waals surface area contributed by atoms with Crippen LogP contribution in [0.4, 0.5) is 16.2 Å². The summed E-state index contributed by atoms with van der Waals surface area (Å²) in [4.78, 5) is 30.6. The SMILES string of the molecule is CCC(CC)c1ccc(Nc2ncc(F)c(-c3sc4c(c3C)C(=O)N(Cc3ccc(OC)cc3)C43CC3)n2)nc1. The number of hydrogen-bond acceptors (Lipinski definition) is 7. The molecule has 2 aliphatic rings. The van der Waals surface area contributed by atoms with Gasteiger partial charge in [-0.1, -0.05) is 32.0 Å². The molecular weight excluding hydrogens is 525 g/mol. The number of rotatable bonds is 9. The zero-order valence-corrected chi connectivity index (χ0v) is 23.9. The number of benzene rings is 1. The third kappa shape index (κ3) is 4.42. The second-order valence-corrected chi connectivity index (χ2v) is 11.6. The first-order valence-corrected chi connectivity index (χ1v) is 14.5. The van der Waals surface area contributed by atoms with Crippen molar-refractivity contribution in [3.63, 3.8) is 0 Å². The van der Waals surface area contributed by atoms with Gasteiger partial charge in [0.2, 0.25) is 5.95 Å². The van der Waals surface area contributed by atoms with Gasteiger partial charge in [0.05, 0.1) is 29.3 Å². The molecular formula is C31H32FN5O2S. The number of thiophene rings is 1. The predicted octanol–water partition coefficient (Wildman–Crippen LogP) is 7.35. The highest BCUT2D eigenvalue weighted by atomic mass is 32.1. The van der Waals surface area contributed by atoms with E-state index in [9.17, 15) is 4.79 Å². The van der Waals surface area contributed by atoms with Crippen molar-refractivity contribution in [2.75, 3.05) is 12.4 Å². The number of nitrogens with zero attached hydrogens (tertiary/aromatic N) is 4. The first kappa shape index (κ1) is 26.4. The molecule has 4 heterocycles. The van der Waals surface area contributed by atoms with E-state index in [1.54, 1.807) is 7.11 Å². The lowest BCUT2D eigenvalue weighted by Gasteiger charge is -2.25. The Labute approximate surface area is 237 Å². The van der Waals surface area contributed by atoms with E-state index in [4.69, 9.17) is 4.74 Å². The summed E-state index contributed by atoms with van der Waals surface area (Å²) in [5.41, 5.74) is 3.59. The fourth-order valence-corrected chi connectivity index (χ4v) is 7.26. The van der Waals surface area contributed by atoms with Crippen LogP contribution in [0.1, 0.15) is 77.4 Å². The summed E-state index contributed by atoms with van der Waals surface area (Å²) in [6, 6.07) is 11.8. The third-order valence-electron chi connectivity index (χ3n) is 8.21. The summed E-state index contributed by atoms with van der Waals surface area (Å²) in [6.07, 6.45) is 6.97. The molecule has 0 atom stereocenters. The summed E-state index contributed by atoms with van der Waals surface area (Å²) < 4.78 is 20.4. The number of ether oxygens (including phenoxy) is 1. The molecule has 0 bridgehead atoms. The van der Waals surface area contributed by atoms with Gasteiger partial charge >= 0.3 is 0 Å². The monoisotopic (exact) mass is 557 g/mol. The summed E-state index contributed by atoms with van der Waals surface area (Å²) in [6.45, 7) is 6.77. The highest BCUT2D eigenvalue weighted by molar-refractivity contribution is 7.16. The maximum Gasteiger partial charge on any atom is 0.256 e. The Hall–Kier alpha value is -3.85. The van der Waals surface area contributed by atoms with Crippen LogP contribution in [-0.2, 0) is 12.1 Å². The second kappa shape index (κ2) is 10.3. The molecule has 40 heavy (non-hydrogen) atoms. The lowest BCUT2D eigenvalue weighted by Crippen LogP contribution is -2.33. The number of carbonyl (C=O) groups excluding carboxylic acids is 1. The van der Waals surface area contributed by atoms with E-state index in [0.29, 0.717) is 28.7 Å². The van der Waals surface area contributed by atoms with Crippen LogP contribution in [0.15, 0.2) is 48.8 Å². The average molecular weight is 558 g/mol. The fraction of sp³-hybridized carbons (Fsp3) is 0.355. The third-order valence-corrected chi connectivity index (χ3v) is 9.70. The summed E-state index contributed by atoms with van der Waals surface area (Å²) in [7, 11) is 1.64. The van der Waals surface area contributed by atoms with Crippen molar-refractivity contribution < 1.29 is 13.9 Å². The molecule has 1 saturated carbocycles. The molecule has 1 aliphatic heterocycles. The van der Waals surface area contributed by atoms with Crippen molar-refractivity contribution in [1.29, 1.82) is 0 Å². The van der Waals surface area contributed by atoms with Crippen molar-refractivity contribution in [2.45, 2.75) is 64.5 Å². The van der Waals surface area contributed by atoms with Crippen molar-refractivity contribution in [2.24, 2.45) is 0 Å². The molecule has 3 aromatic heterocycles. The zero-order valence-electron chi connectivity index (χ0n) is 23.1. The highest BCUT2D eigenvalue weighted by Gasteiger charge is 2.59. The Morgan fingerprint density at radius 1 is 1.10 bits per heavy atom. The summed E-state index contributed by atoms with van der Waals surface area (Å²) in [5.74, 6) is 1.60. The largest absolute Gasteiger partial charge is 0.497 e. The molecule has 7 nitrogen and oxygen atoms in total. The highest BCUT2D eigenvalue weighted by Crippen LogP contribution is 2.61. The van der Waals surface area contributed by atoms with Crippen LogP contribution >= 0.6 is 11.3 Å². The first-order valence-electron chi connectivity index (χ1n) is 13.7. The van der Waals surface area contributed by atoms with E-state index in [1.165, 1.54) is 23.1 Å². The van der Waals surface area contributed by atoms with Gasteiger partial charge < -0.3 is 15.0 Å². The second-order valence-electron chi connectivity index (χ2n) is 10.5. The molecule has 6 rings (SSSR count). The topological polar surface area (TPSA) is 80.2 Å². The number of fused-ring (bicyclic) bond motifs is 2. The Morgan fingerprint density at radius 2 is 1.85 bits per heavy atom. The van der Waals surface area contributed by atoms with Gasteiger partial charge in [-0.15, -0.1) is 11.3 Å². The zero-order chi connectivity index (χ0) is 28.0. The van der Waals surface area contributed by atoms with Gasteiger partial charge in [0.15, 0.2) is 5.82 Å². The molecule has 1 spiro atoms. The smallest absolute Gasteiger partial charge is 0.256 e. The predicted molar refractivity (Wildman–Crippen MR) is 155 cm³/mol. The number of methoxy groups -OCH3 is 1. The number of aromatic nitrogens is 3. The van der Waals surface area contributed by atoms with Crippen LogP contribution in [0.3, 0.4) is 0 Å². The summed E-state index contributed by atoms with van der Waals surface area (Å²) >= 11 is 1.48. The number of amides is 1. The lowest BCUT2D eigenvalue weighted by atomic mass is 9.96. The van der Waals surface area contributed by atoms with Gasteiger partial charge in [0.1, 0.15) is 17.3 Å². The maximum absolute atomic E-state index is 15.1. The average Bonchev–Trinajstić information content (AvgIpc) is 3.65. The van der Waals surface area contributed by atoms with Crippen molar-refractivity contribution >= 4 is 29.0 Å². The lowest BCUT2D eigenvalue weighted by molar-refractivity contribution is 0.0684. The van der Waals surface area contributed by atoms with Gasteiger partial charge in [-0.2, -0.15) is 0 Å². The van der Waals surface area contributed by atoms with E-state index in [0.717, 1.165) is 47.4 Å². The normalized spacial score (nSPS) is 15.2. The minimum atomic E-state index is -0.516. The van der Waals surface area contributed by atoms with E-state index < -0.39 is 5.82 Å². The Morgan fingerprint density at radius 3 is 2.48 bits per heavy atom. The number of pyridine rings is 1. The van der Waals surface area contributed by atoms with E-state index in [1.807, 2.05) is 48.4 Å². The van der Waals surface area contributed by atoms with Crippen LogP contribution in [0.5, 0.6) is 5.75 Å². The number of anilines is 2. The molecule has 1 N–H and O–H groups in total. The molecule has 0 radical (unpaired) electrons. The Bertz CT molecular complexity index is 1560. The molecule has 1 amide bonds. The Kier molecular flexibility index (Phi) is 6.78. The van der Waals surface area contributed by atoms with Crippen LogP contribution in [0.25, 0.3) is 10.6 Å².